The molecular weight excluding hydrogens is 332 g/mol. The van der Waals surface area contributed by atoms with Crippen LogP contribution in [0.15, 0.2) is 0 Å². The van der Waals surface area contributed by atoms with Gasteiger partial charge in [0.25, 0.3) is 0 Å². The molecule has 6 heteroatoms. The van der Waals surface area contributed by atoms with E-state index in [1.807, 2.05) is 27.7 Å². The molecule has 0 aromatic rings. The summed E-state index contributed by atoms with van der Waals surface area (Å²) in [4.78, 5) is 49.3. The van der Waals surface area contributed by atoms with Crippen LogP contribution in [0.25, 0.3) is 0 Å². The Morgan fingerprint density at radius 2 is 1.77 bits per heavy atom. The molecule has 6 nitrogen and oxygen atoms in total. The standard InChI is InChI=1S/C20H34N2O4/c1-13(2)11-16(23)19(14(3)4)21-17(24)9-7-6-8-10-22-18(25)12-15(5)20(22)26/h13-15,19H,6-12H2,1-5H3,(H,21,24). The maximum Gasteiger partial charge on any atom is 0.232 e. The third-order valence-electron chi connectivity index (χ3n) is 4.69. The van der Waals surface area contributed by atoms with Crippen LogP contribution in [0.5, 0.6) is 0 Å². The van der Waals surface area contributed by atoms with Crippen molar-refractivity contribution in [2.24, 2.45) is 17.8 Å². The summed E-state index contributed by atoms with van der Waals surface area (Å²) in [6, 6.07) is -0.425. The molecule has 26 heavy (non-hydrogen) atoms. The Balaban J connectivity index is 2.29. The van der Waals surface area contributed by atoms with Crippen molar-refractivity contribution in [1.82, 2.24) is 10.2 Å². The minimum Gasteiger partial charge on any atom is -0.346 e. The molecule has 1 fully saturated rings. The van der Waals surface area contributed by atoms with E-state index in [1.54, 1.807) is 6.92 Å². The van der Waals surface area contributed by atoms with Crippen LogP contribution in [-0.2, 0) is 19.2 Å². The van der Waals surface area contributed by atoms with Gasteiger partial charge in [0.15, 0.2) is 5.78 Å². The van der Waals surface area contributed by atoms with Gasteiger partial charge in [-0.1, -0.05) is 41.0 Å². The maximum absolute atomic E-state index is 12.3. The molecule has 3 amide bonds. The van der Waals surface area contributed by atoms with E-state index in [4.69, 9.17) is 0 Å². The predicted molar refractivity (Wildman–Crippen MR) is 100 cm³/mol. The van der Waals surface area contributed by atoms with E-state index in [2.05, 4.69) is 5.32 Å². The number of nitrogens with one attached hydrogen (secondary N) is 1. The lowest BCUT2D eigenvalue weighted by Crippen LogP contribution is -2.44. The number of nitrogens with zero attached hydrogens (tertiary/aromatic N) is 1. The summed E-state index contributed by atoms with van der Waals surface area (Å²) in [5.41, 5.74) is 0. The second kappa shape index (κ2) is 10.4. The van der Waals surface area contributed by atoms with Gasteiger partial charge >= 0.3 is 0 Å². The summed E-state index contributed by atoms with van der Waals surface area (Å²) in [5.74, 6) is -0.0606. The van der Waals surface area contributed by atoms with Crippen molar-refractivity contribution in [3.05, 3.63) is 0 Å². The van der Waals surface area contributed by atoms with E-state index < -0.39 is 6.04 Å². The SMILES string of the molecule is CC(C)CC(=O)C(NC(=O)CCCCCN1C(=O)CC(C)C1=O)C(C)C. The Labute approximate surface area is 157 Å². The highest BCUT2D eigenvalue weighted by molar-refractivity contribution is 6.03. The van der Waals surface area contributed by atoms with Gasteiger partial charge in [-0.3, -0.25) is 24.1 Å². The van der Waals surface area contributed by atoms with Crippen molar-refractivity contribution in [1.29, 1.82) is 0 Å². The summed E-state index contributed by atoms with van der Waals surface area (Å²) in [6.07, 6.45) is 3.29. The van der Waals surface area contributed by atoms with Gasteiger partial charge < -0.3 is 5.32 Å². The number of ketones is 1. The molecule has 0 aromatic carbocycles. The number of Topliss-reactive ketones (excluding diaryl/α,β-unsaturated/α-hetero) is 1. The largest absolute Gasteiger partial charge is 0.346 e. The van der Waals surface area contributed by atoms with Crippen LogP contribution in [0, 0.1) is 17.8 Å². The number of carbonyl (C=O) groups excluding carboxylic acids is 4. The van der Waals surface area contributed by atoms with E-state index in [9.17, 15) is 19.2 Å². The number of carbonyl (C=O) groups is 4. The van der Waals surface area contributed by atoms with Gasteiger partial charge in [-0.25, -0.2) is 0 Å². The van der Waals surface area contributed by atoms with Gasteiger partial charge in [-0.15, -0.1) is 0 Å². The molecule has 0 spiro atoms. The molecular formula is C20H34N2O4. The predicted octanol–water partition coefficient (Wildman–Crippen LogP) is 2.70. The summed E-state index contributed by atoms with van der Waals surface area (Å²) >= 11 is 0. The molecule has 0 aliphatic carbocycles. The molecule has 1 N–H and O–H groups in total. The average Bonchev–Trinajstić information content (AvgIpc) is 2.77. The Kier molecular flexibility index (Phi) is 8.96. The lowest BCUT2D eigenvalue weighted by Gasteiger charge is -2.22. The molecule has 0 saturated carbocycles. The van der Waals surface area contributed by atoms with Gasteiger partial charge in [-0.05, 0) is 24.7 Å². The number of amides is 3. The first-order valence-corrected chi connectivity index (χ1v) is 9.79. The van der Waals surface area contributed by atoms with E-state index in [-0.39, 0.29) is 41.3 Å². The van der Waals surface area contributed by atoms with Crippen molar-refractivity contribution in [3.8, 4) is 0 Å². The Hall–Kier alpha value is -1.72. The lowest BCUT2D eigenvalue weighted by atomic mass is 9.94. The summed E-state index contributed by atoms with van der Waals surface area (Å²) in [6.45, 7) is 10.1. The fourth-order valence-corrected chi connectivity index (χ4v) is 3.21. The molecule has 2 atom stereocenters. The van der Waals surface area contributed by atoms with Crippen LogP contribution in [-0.4, -0.2) is 41.0 Å². The van der Waals surface area contributed by atoms with Gasteiger partial charge in [0.05, 0.1) is 6.04 Å². The van der Waals surface area contributed by atoms with Crippen molar-refractivity contribution in [3.63, 3.8) is 0 Å². The Morgan fingerprint density at radius 1 is 1.12 bits per heavy atom. The van der Waals surface area contributed by atoms with Crippen LogP contribution < -0.4 is 5.32 Å². The monoisotopic (exact) mass is 366 g/mol. The quantitative estimate of drug-likeness (QED) is 0.450. The van der Waals surface area contributed by atoms with E-state index >= 15 is 0 Å². The van der Waals surface area contributed by atoms with Crippen LogP contribution in [0.2, 0.25) is 0 Å². The Bertz CT molecular complexity index is 528. The van der Waals surface area contributed by atoms with Gasteiger partial charge in [-0.2, -0.15) is 0 Å². The highest BCUT2D eigenvalue weighted by Crippen LogP contribution is 2.19. The molecule has 148 valence electrons. The lowest BCUT2D eigenvalue weighted by molar-refractivity contribution is -0.139. The molecule has 1 heterocycles. The fraction of sp³-hybridized carbons (Fsp3) is 0.800. The molecule has 1 aliphatic rings. The molecule has 1 aliphatic heterocycles. The minimum absolute atomic E-state index is 0.0689. The molecule has 1 rings (SSSR count). The smallest absolute Gasteiger partial charge is 0.232 e. The highest BCUT2D eigenvalue weighted by atomic mass is 16.2. The zero-order valence-corrected chi connectivity index (χ0v) is 16.8. The van der Waals surface area contributed by atoms with Gasteiger partial charge in [0, 0.05) is 31.7 Å². The summed E-state index contributed by atoms with van der Waals surface area (Å²) in [5, 5.41) is 2.87. The van der Waals surface area contributed by atoms with Crippen molar-refractivity contribution in [2.45, 2.75) is 79.2 Å². The van der Waals surface area contributed by atoms with Gasteiger partial charge in [0.2, 0.25) is 17.7 Å². The van der Waals surface area contributed by atoms with E-state index in [0.29, 0.717) is 38.6 Å². The zero-order chi connectivity index (χ0) is 19.9. The third kappa shape index (κ3) is 6.89. The number of hydrogen-bond acceptors (Lipinski definition) is 4. The number of unbranched alkanes of at least 4 members (excludes halogenated alkanes) is 2. The first kappa shape index (κ1) is 22.3. The number of likely N-dealkylation sites (tertiary alicyclic amines) is 1. The first-order chi connectivity index (χ1) is 12.1. The first-order valence-electron chi connectivity index (χ1n) is 9.79. The number of hydrogen-bond donors (Lipinski definition) is 1. The molecule has 0 aromatic heterocycles. The Morgan fingerprint density at radius 3 is 2.27 bits per heavy atom. The molecule has 1 saturated heterocycles. The molecule has 0 radical (unpaired) electrons. The van der Waals surface area contributed by atoms with Crippen LogP contribution >= 0.6 is 0 Å². The van der Waals surface area contributed by atoms with Gasteiger partial charge in [0.1, 0.15) is 0 Å². The fourth-order valence-electron chi connectivity index (χ4n) is 3.21. The minimum atomic E-state index is -0.425. The van der Waals surface area contributed by atoms with E-state index in [1.165, 1.54) is 4.90 Å². The van der Waals surface area contributed by atoms with Crippen molar-refractivity contribution < 1.29 is 19.2 Å². The maximum atomic E-state index is 12.3. The number of imide groups is 1. The van der Waals surface area contributed by atoms with Crippen LogP contribution in [0.4, 0.5) is 0 Å². The van der Waals surface area contributed by atoms with E-state index in [0.717, 1.165) is 6.42 Å². The second-order valence-corrected chi connectivity index (χ2v) is 8.15. The second-order valence-electron chi connectivity index (χ2n) is 8.15. The topological polar surface area (TPSA) is 83.6 Å². The van der Waals surface area contributed by atoms with Crippen LogP contribution in [0.3, 0.4) is 0 Å². The third-order valence-corrected chi connectivity index (χ3v) is 4.69. The summed E-state index contributed by atoms with van der Waals surface area (Å²) in [7, 11) is 0. The normalized spacial score (nSPS) is 18.7. The molecule has 0 bridgehead atoms. The molecule has 2 unspecified atom stereocenters. The van der Waals surface area contributed by atoms with Crippen molar-refractivity contribution in [2.75, 3.05) is 6.54 Å². The highest BCUT2D eigenvalue weighted by Gasteiger charge is 2.34. The average molecular weight is 367 g/mol. The zero-order valence-electron chi connectivity index (χ0n) is 16.8. The van der Waals surface area contributed by atoms with Crippen LogP contribution in [0.1, 0.15) is 73.1 Å². The number of rotatable bonds is 11. The van der Waals surface area contributed by atoms with Crippen molar-refractivity contribution >= 4 is 23.5 Å². The summed E-state index contributed by atoms with van der Waals surface area (Å²) < 4.78 is 0.